The average molecular weight is 268 g/mol. The lowest BCUT2D eigenvalue weighted by molar-refractivity contribution is 0.395. The molecule has 2 aromatic heterocycles. The van der Waals surface area contributed by atoms with E-state index in [-0.39, 0.29) is 0 Å². The second kappa shape index (κ2) is 3.94. The number of fused-ring (bicyclic) bond motifs is 1. The molecule has 0 N–H and O–H groups in total. The number of aryl methyl sites for hydroxylation is 1. The molecule has 15 heavy (non-hydrogen) atoms. The Morgan fingerprint density at radius 1 is 1.47 bits per heavy atom. The van der Waals surface area contributed by atoms with E-state index >= 15 is 0 Å². The molecule has 2 heterocycles. The van der Waals surface area contributed by atoms with Gasteiger partial charge in [-0.15, -0.1) is 0 Å². The molecule has 0 bridgehead atoms. The molecule has 0 fully saturated rings. The summed E-state index contributed by atoms with van der Waals surface area (Å²) < 4.78 is 3.19. The maximum Gasteiger partial charge on any atom is 0.151 e. The van der Waals surface area contributed by atoms with Crippen LogP contribution in [0.1, 0.15) is 11.3 Å². The van der Waals surface area contributed by atoms with Crippen molar-refractivity contribution in [3.8, 4) is 0 Å². The van der Waals surface area contributed by atoms with Gasteiger partial charge in [0.2, 0.25) is 0 Å². The summed E-state index contributed by atoms with van der Waals surface area (Å²) in [5, 5.41) is 0. The zero-order valence-electron chi connectivity index (χ0n) is 9.16. The molecule has 0 unspecified atom stereocenters. The van der Waals surface area contributed by atoms with Crippen molar-refractivity contribution in [1.29, 1.82) is 0 Å². The molecular formula is C11H14BrN3. The van der Waals surface area contributed by atoms with Crippen LogP contribution in [0.25, 0.3) is 5.65 Å². The number of aromatic nitrogens is 2. The van der Waals surface area contributed by atoms with Crippen molar-refractivity contribution in [2.75, 3.05) is 14.1 Å². The first-order valence-corrected chi connectivity index (χ1v) is 5.64. The SMILES string of the molecule is Cc1cc(Br)c2ncc(CN(C)C)n2c1. The summed E-state index contributed by atoms with van der Waals surface area (Å²) >= 11 is 3.53. The number of rotatable bonds is 2. The van der Waals surface area contributed by atoms with E-state index in [9.17, 15) is 0 Å². The number of halogens is 1. The molecule has 2 rings (SSSR count). The van der Waals surface area contributed by atoms with Crippen LogP contribution in [0.2, 0.25) is 0 Å². The smallest absolute Gasteiger partial charge is 0.151 e. The Kier molecular flexibility index (Phi) is 2.80. The number of hydrogen-bond donors (Lipinski definition) is 0. The Morgan fingerprint density at radius 3 is 2.87 bits per heavy atom. The Balaban J connectivity index is 2.58. The largest absolute Gasteiger partial charge is 0.304 e. The highest BCUT2D eigenvalue weighted by atomic mass is 79.9. The van der Waals surface area contributed by atoms with E-state index in [2.05, 4.69) is 63.5 Å². The number of nitrogens with zero attached hydrogens (tertiary/aromatic N) is 3. The molecule has 80 valence electrons. The Labute approximate surface area is 97.9 Å². The van der Waals surface area contributed by atoms with Gasteiger partial charge in [-0.2, -0.15) is 0 Å². The summed E-state index contributed by atoms with van der Waals surface area (Å²) in [5.74, 6) is 0. The van der Waals surface area contributed by atoms with Gasteiger partial charge in [0.25, 0.3) is 0 Å². The van der Waals surface area contributed by atoms with Gasteiger partial charge in [0.1, 0.15) is 0 Å². The second-order valence-electron chi connectivity index (χ2n) is 4.05. The molecule has 0 saturated carbocycles. The van der Waals surface area contributed by atoms with Gasteiger partial charge in [0.15, 0.2) is 5.65 Å². The molecule has 0 saturated heterocycles. The van der Waals surface area contributed by atoms with Gasteiger partial charge in [-0.05, 0) is 48.6 Å². The number of pyridine rings is 1. The molecule has 3 nitrogen and oxygen atoms in total. The first-order valence-electron chi connectivity index (χ1n) is 4.85. The zero-order valence-corrected chi connectivity index (χ0v) is 10.7. The fourth-order valence-corrected chi connectivity index (χ4v) is 2.32. The van der Waals surface area contributed by atoms with Crippen LogP contribution in [0.5, 0.6) is 0 Å². The molecule has 0 aliphatic carbocycles. The summed E-state index contributed by atoms with van der Waals surface area (Å²) in [6.07, 6.45) is 4.05. The zero-order chi connectivity index (χ0) is 11.0. The van der Waals surface area contributed by atoms with Crippen LogP contribution in [0.3, 0.4) is 0 Å². The fraction of sp³-hybridized carbons (Fsp3) is 0.364. The lowest BCUT2D eigenvalue weighted by atomic mass is 10.3. The molecule has 0 amide bonds. The van der Waals surface area contributed by atoms with Gasteiger partial charge < -0.3 is 9.30 Å². The van der Waals surface area contributed by atoms with Crippen LogP contribution in [-0.2, 0) is 6.54 Å². The molecule has 0 radical (unpaired) electrons. The van der Waals surface area contributed by atoms with Crippen LogP contribution in [0, 0.1) is 6.92 Å². The van der Waals surface area contributed by atoms with Crippen LogP contribution >= 0.6 is 15.9 Å². The number of hydrogen-bond acceptors (Lipinski definition) is 2. The van der Waals surface area contributed by atoms with Crippen molar-refractivity contribution in [2.24, 2.45) is 0 Å². The topological polar surface area (TPSA) is 20.5 Å². The highest BCUT2D eigenvalue weighted by Gasteiger charge is 2.07. The summed E-state index contributed by atoms with van der Waals surface area (Å²) in [7, 11) is 4.12. The first-order chi connectivity index (χ1) is 7.08. The molecule has 0 spiro atoms. The minimum absolute atomic E-state index is 0.900. The lowest BCUT2D eigenvalue weighted by Crippen LogP contribution is -2.12. The third-order valence-corrected chi connectivity index (χ3v) is 2.84. The van der Waals surface area contributed by atoms with Crippen molar-refractivity contribution < 1.29 is 0 Å². The van der Waals surface area contributed by atoms with Gasteiger partial charge in [-0.1, -0.05) is 0 Å². The minimum atomic E-state index is 0.900. The minimum Gasteiger partial charge on any atom is -0.304 e. The third kappa shape index (κ3) is 2.06. The van der Waals surface area contributed by atoms with Gasteiger partial charge in [-0.3, -0.25) is 0 Å². The number of imidazole rings is 1. The van der Waals surface area contributed by atoms with Gasteiger partial charge in [0.05, 0.1) is 16.4 Å². The van der Waals surface area contributed by atoms with E-state index in [1.54, 1.807) is 0 Å². The van der Waals surface area contributed by atoms with E-state index in [0.29, 0.717) is 0 Å². The molecule has 4 heteroatoms. The molecule has 0 aliphatic heterocycles. The lowest BCUT2D eigenvalue weighted by Gasteiger charge is -2.09. The Bertz CT molecular complexity index is 488. The highest BCUT2D eigenvalue weighted by Crippen LogP contribution is 2.20. The Hall–Kier alpha value is -0.870. The second-order valence-corrected chi connectivity index (χ2v) is 4.90. The predicted octanol–water partition coefficient (Wildman–Crippen LogP) is 2.47. The third-order valence-electron chi connectivity index (χ3n) is 2.25. The van der Waals surface area contributed by atoms with Crippen molar-refractivity contribution in [3.05, 3.63) is 34.2 Å². The summed E-state index contributed by atoms with van der Waals surface area (Å²) in [6.45, 7) is 2.99. The maximum atomic E-state index is 4.40. The van der Waals surface area contributed by atoms with Gasteiger partial charge >= 0.3 is 0 Å². The quantitative estimate of drug-likeness (QED) is 0.834. The molecular weight excluding hydrogens is 254 g/mol. The van der Waals surface area contributed by atoms with Crippen molar-refractivity contribution >= 4 is 21.6 Å². The van der Waals surface area contributed by atoms with Crippen molar-refractivity contribution in [2.45, 2.75) is 13.5 Å². The van der Waals surface area contributed by atoms with Crippen LogP contribution in [0.15, 0.2) is 22.9 Å². The molecule has 0 aromatic carbocycles. The van der Waals surface area contributed by atoms with Crippen molar-refractivity contribution in [3.63, 3.8) is 0 Å². The molecule has 2 aromatic rings. The van der Waals surface area contributed by atoms with Gasteiger partial charge in [-0.25, -0.2) is 4.98 Å². The normalized spacial score (nSPS) is 11.5. The standard InChI is InChI=1S/C11H14BrN3/c1-8-4-10(12)11-13-5-9(7-14(2)3)15(11)6-8/h4-6H,7H2,1-3H3. The van der Waals surface area contributed by atoms with E-state index in [1.807, 2.05) is 6.20 Å². The fourth-order valence-electron chi connectivity index (χ4n) is 1.66. The van der Waals surface area contributed by atoms with Crippen LogP contribution < -0.4 is 0 Å². The maximum absolute atomic E-state index is 4.40. The van der Waals surface area contributed by atoms with E-state index in [4.69, 9.17) is 0 Å². The van der Waals surface area contributed by atoms with E-state index in [0.717, 1.165) is 16.7 Å². The monoisotopic (exact) mass is 267 g/mol. The Morgan fingerprint density at radius 2 is 2.20 bits per heavy atom. The summed E-state index contributed by atoms with van der Waals surface area (Å²) in [4.78, 5) is 6.54. The predicted molar refractivity (Wildman–Crippen MR) is 65.0 cm³/mol. The molecule has 0 atom stereocenters. The van der Waals surface area contributed by atoms with Gasteiger partial charge in [0, 0.05) is 12.7 Å². The average Bonchev–Trinajstić information content (AvgIpc) is 2.48. The summed E-state index contributed by atoms with van der Waals surface area (Å²) in [6, 6.07) is 2.09. The van der Waals surface area contributed by atoms with Crippen molar-refractivity contribution in [1.82, 2.24) is 14.3 Å². The van der Waals surface area contributed by atoms with E-state index in [1.165, 1.54) is 11.3 Å². The van der Waals surface area contributed by atoms with Crippen LogP contribution in [-0.4, -0.2) is 28.4 Å². The van der Waals surface area contributed by atoms with Crippen LogP contribution in [0.4, 0.5) is 0 Å². The molecule has 0 aliphatic rings. The summed E-state index contributed by atoms with van der Waals surface area (Å²) in [5.41, 5.74) is 3.42. The first kappa shape index (κ1) is 10.6. The highest BCUT2D eigenvalue weighted by molar-refractivity contribution is 9.10. The van der Waals surface area contributed by atoms with E-state index < -0.39 is 0 Å².